The monoisotopic (exact) mass is 266 g/mol. The highest BCUT2D eigenvalue weighted by atomic mass is 16.4. The number of rotatable bonds is 5. The van der Waals surface area contributed by atoms with E-state index in [0.717, 1.165) is 25.7 Å². The fourth-order valence-electron chi connectivity index (χ4n) is 3.66. The van der Waals surface area contributed by atoms with E-state index in [2.05, 4.69) is 30.9 Å². The van der Waals surface area contributed by atoms with Crippen molar-refractivity contribution < 1.29 is 10.0 Å². The third-order valence-corrected chi connectivity index (χ3v) is 4.28. The first-order valence-corrected chi connectivity index (χ1v) is 7.16. The van der Waals surface area contributed by atoms with Crippen molar-refractivity contribution in [1.82, 2.24) is 0 Å². The molecule has 1 aliphatic rings. The van der Waals surface area contributed by atoms with Crippen molar-refractivity contribution in [2.24, 2.45) is 21.0 Å². The molecule has 0 saturated heterocycles. The van der Waals surface area contributed by atoms with Gasteiger partial charge in [-0.3, -0.25) is 0 Å². The zero-order chi connectivity index (χ0) is 14.5. The van der Waals surface area contributed by atoms with Crippen LogP contribution in [0, 0.1) is 10.8 Å². The first-order valence-electron chi connectivity index (χ1n) is 7.16. The molecule has 0 aliphatic heterocycles. The van der Waals surface area contributed by atoms with Gasteiger partial charge in [0.25, 0.3) is 0 Å². The summed E-state index contributed by atoms with van der Waals surface area (Å²) in [5.74, 6) is 0. The summed E-state index contributed by atoms with van der Waals surface area (Å²) in [4.78, 5) is 14.7. The van der Waals surface area contributed by atoms with E-state index in [1.54, 1.807) is 6.08 Å². The summed E-state index contributed by atoms with van der Waals surface area (Å²) in [5, 5.41) is 12.6. The Morgan fingerprint density at radius 1 is 1.37 bits per heavy atom. The largest absolute Gasteiger partial charge is 0.411 e. The lowest BCUT2D eigenvalue weighted by Gasteiger charge is -2.45. The summed E-state index contributed by atoms with van der Waals surface area (Å²) in [7, 11) is 0. The van der Waals surface area contributed by atoms with Gasteiger partial charge in [-0.25, -0.2) is 4.79 Å². The molecule has 19 heavy (non-hydrogen) atoms. The van der Waals surface area contributed by atoms with E-state index in [0.29, 0.717) is 12.1 Å². The predicted octanol–water partition coefficient (Wildman–Crippen LogP) is 3.93. The van der Waals surface area contributed by atoms with Crippen LogP contribution in [0.1, 0.15) is 66.2 Å². The van der Waals surface area contributed by atoms with Crippen molar-refractivity contribution in [3.05, 3.63) is 0 Å². The Labute approximate surface area is 116 Å². The van der Waals surface area contributed by atoms with Crippen LogP contribution in [-0.4, -0.2) is 23.0 Å². The van der Waals surface area contributed by atoms with E-state index >= 15 is 0 Å². The molecule has 4 heteroatoms. The molecule has 0 spiro atoms. The summed E-state index contributed by atoms with van der Waals surface area (Å²) in [5.41, 5.74) is 0.748. The van der Waals surface area contributed by atoms with Crippen LogP contribution in [0.25, 0.3) is 0 Å². The number of carbonyl (C=O) groups excluding carboxylic acids is 1. The average molecular weight is 266 g/mol. The fourth-order valence-corrected chi connectivity index (χ4v) is 3.66. The quantitative estimate of drug-likeness (QED) is 0.355. The van der Waals surface area contributed by atoms with E-state index < -0.39 is 0 Å². The van der Waals surface area contributed by atoms with Gasteiger partial charge in [0.15, 0.2) is 0 Å². The summed E-state index contributed by atoms with van der Waals surface area (Å²) >= 11 is 0. The van der Waals surface area contributed by atoms with Crippen molar-refractivity contribution in [3.63, 3.8) is 0 Å². The number of hydrogen-bond donors (Lipinski definition) is 1. The van der Waals surface area contributed by atoms with E-state index in [4.69, 9.17) is 0 Å². The maximum absolute atomic E-state index is 10.8. The second-order valence-electron chi connectivity index (χ2n) is 6.81. The lowest BCUT2D eigenvalue weighted by Crippen LogP contribution is -2.43. The third kappa shape index (κ3) is 3.90. The lowest BCUT2D eigenvalue weighted by molar-refractivity contribution is 0.0916. The van der Waals surface area contributed by atoms with Crippen LogP contribution in [0.15, 0.2) is 10.1 Å². The van der Waals surface area contributed by atoms with Gasteiger partial charge in [0.2, 0.25) is 6.08 Å². The van der Waals surface area contributed by atoms with Gasteiger partial charge in [-0.15, -0.1) is 0 Å². The van der Waals surface area contributed by atoms with Crippen LogP contribution >= 0.6 is 0 Å². The molecule has 4 nitrogen and oxygen atoms in total. The summed E-state index contributed by atoms with van der Waals surface area (Å²) in [6, 6.07) is -0.338. The Balaban J connectivity index is 3.06. The maximum Gasteiger partial charge on any atom is 0.235 e. The lowest BCUT2D eigenvalue weighted by atomic mass is 9.60. The molecule has 1 N–H and O–H groups in total. The highest BCUT2D eigenvalue weighted by Gasteiger charge is 2.44. The molecule has 0 aromatic heterocycles. The molecule has 0 amide bonds. The standard InChI is InChI=1S/C15H26N2O2/c1-5-7-12(17-19)13(16-11-18)15(4)9-6-8-14(2,3)10-15/h13,19H,5-10H2,1-4H3. The molecule has 0 bridgehead atoms. The van der Waals surface area contributed by atoms with Crippen molar-refractivity contribution in [3.8, 4) is 0 Å². The van der Waals surface area contributed by atoms with Crippen molar-refractivity contribution >= 4 is 11.8 Å². The molecule has 108 valence electrons. The molecule has 1 rings (SSSR count). The molecule has 0 aromatic rings. The van der Waals surface area contributed by atoms with Crippen LogP contribution < -0.4 is 0 Å². The Hall–Kier alpha value is -1.15. The zero-order valence-electron chi connectivity index (χ0n) is 12.6. The molecule has 0 radical (unpaired) electrons. The van der Waals surface area contributed by atoms with Crippen molar-refractivity contribution in [2.75, 3.05) is 0 Å². The molecular weight excluding hydrogens is 240 g/mol. The van der Waals surface area contributed by atoms with Crippen molar-refractivity contribution in [2.45, 2.75) is 72.3 Å². The Morgan fingerprint density at radius 2 is 2.05 bits per heavy atom. The van der Waals surface area contributed by atoms with Crippen LogP contribution in [-0.2, 0) is 4.79 Å². The second-order valence-corrected chi connectivity index (χ2v) is 6.81. The Morgan fingerprint density at radius 3 is 2.53 bits per heavy atom. The number of hydrogen-bond acceptors (Lipinski definition) is 4. The highest BCUT2D eigenvalue weighted by Crippen LogP contribution is 2.49. The van der Waals surface area contributed by atoms with E-state index in [-0.39, 0.29) is 16.9 Å². The average Bonchev–Trinajstić information content (AvgIpc) is 2.32. The first-order chi connectivity index (χ1) is 8.88. The fraction of sp³-hybridized carbons (Fsp3) is 0.867. The van der Waals surface area contributed by atoms with Gasteiger partial charge in [0, 0.05) is 0 Å². The highest BCUT2D eigenvalue weighted by molar-refractivity contribution is 5.90. The van der Waals surface area contributed by atoms with Gasteiger partial charge < -0.3 is 5.21 Å². The molecule has 2 atom stereocenters. The Bertz CT molecular complexity index is 384. The van der Waals surface area contributed by atoms with E-state index in [1.807, 2.05) is 6.92 Å². The molecule has 2 unspecified atom stereocenters. The summed E-state index contributed by atoms with van der Waals surface area (Å²) < 4.78 is 0. The normalized spacial score (nSPS) is 28.5. The van der Waals surface area contributed by atoms with Gasteiger partial charge in [-0.1, -0.05) is 45.7 Å². The zero-order valence-corrected chi connectivity index (χ0v) is 12.6. The van der Waals surface area contributed by atoms with E-state index in [9.17, 15) is 10.0 Å². The molecule has 1 saturated carbocycles. The van der Waals surface area contributed by atoms with Crippen LogP contribution in [0.2, 0.25) is 0 Å². The molecule has 0 aromatic carbocycles. The molecular formula is C15H26N2O2. The Kier molecular flexibility index (Phi) is 5.30. The van der Waals surface area contributed by atoms with Gasteiger partial charge in [0.1, 0.15) is 6.04 Å². The van der Waals surface area contributed by atoms with E-state index in [1.165, 1.54) is 6.42 Å². The third-order valence-electron chi connectivity index (χ3n) is 4.28. The van der Waals surface area contributed by atoms with Gasteiger partial charge in [0.05, 0.1) is 5.71 Å². The number of nitrogens with zero attached hydrogens (tertiary/aromatic N) is 2. The number of isocyanates is 1. The minimum Gasteiger partial charge on any atom is -0.411 e. The van der Waals surface area contributed by atoms with Gasteiger partial charge in [-0.2, -0.15) is 4.99 Å². The smallest absolute Gasteiger partial charge is 0.235 e. The number of aliphatic imine (C=N–C) groups is 1. The predicted molar refractivity (Wildman–Crippen MR) is 76.4 cm³/mol. The van der Waals surface area contributed by atoms with Crippen LogP contribution in [0.5, 0.6) is 0 Å². The SMILES string of the molecule is CCCC(=NO)C(N=C=O)C1(C)CCCC(C)(C)C1. The summed E-state index contributed by atoms with van der Waals surface area (Å²) in [6.45, 7) is 8.68. The molecule has 1 fully saturated rings. The summed E-state index contributed by atoms with van der Waals surface area (Å²) in [6.07, 6.45) is 7.53. The maximum atomic E-state index is 10.8. The molecule has 1 aliphatic carbocycles. The first kappa shape index (κ1) is 15.9. The minimum atomic E-state index is -0.338. The van der Waals surface area contributed by atoms with Crippen molar-refractivity contribution in [1.29, 1.82) is 0 Å². The molecule has 0 heterocycles. The second kappa shape index (κ2) is 6.33. The van der Waals surface area contributed by atoms with Gasteiger partial charge >= 0.3 is 0 Å². The topological polar surface area (TPSA) is 62.0 Å². The minimum absolute atomic E-state index is 0.115. The van der Waals surface area contributed by atoms with Crippen LogP contribution in [0.4, 0.5) is 0 Å². The van der Waals surface area contributed by atoms with Crippen LogP contribution in [0.3, 0.4) is 0 Å². The van der Waals surface area contributed by atoms with Gasteiger partial charge in [-0.05, 0) is 36.5 Å². The number of oxime groups is 1.